The molecule has 28 heavy (non-hydrogen) atoms. The minimum absolute atomic E-state index is 0.579. The van der Waals surface area contributed by atoms with Gasteiger partial charge in [-0.25, -0.2) is 4.68 Å². The molecule has 0 aliphatic carbocycles. The molecule has 0 aliphatic heterocycles. The summed E-state index contributed by atoms with van der Waals surface area (Å²) in [7, 11) is 2.05. The molecule has 0 unspecified atom stereocenters. The van der Waals surface area contributed by atoms with Crippen LogP contribution in [0.25, 0.3) is 17.1 Å². The van der Waals surface area contributed by atoms with Gasteiger partial charge in [-0.15, -0.1) is 0 Å². The van der Waals surface area contributed by atoms with Crippen LogP contribution in [0.1, 0.15) is 22.8 Å². The quantitative estimate of drug-likeness (QED) is 0.508. The Morgan fingerprint density at radius 3 is 2.32 bits per heavy atom. The number of hydrogen-bond acceptors (Lipinski definition) is 5. The van der Waals surface area contributed by atoms with Gasteiger partial charge in [0.25, 0.3) is 0 Å². The first-order valence-corrected chi connectivity index (χ1v) is 9.29. The van der Waals surface area contributed by atoms with Crippen LogP contribution in [0.3, 0.4) is 0 Å². The van der Waals surface area contributed by atoms with Gasteiger partial charge in [0.15, 0.2) is 0 Å². The zero-order valence-electron chi connectivity index (χ0n) is 16.3. The molecule has 0 radical (unpaired) electrons. The summed E-state index contributed by atoms with van der Waals surface area (Å²) >= 11 is 0. The van der Waals surface area contributed by atoms with E-state index in [9.17, 15) is 0 Å². The van der Waals surface area contributed by atoms with Crippen molar-refractivity contribution < 1.29 is 4.52 Å². The topological polar surface area (TPSA) is 60.0 Å². The second-order valence-corrected chi connectivity index (χ2v) is 6.95. The van der Waals surface area contributed by atoms with E-state index >= 15 is 0 Å². The van der Waals surface area contributed by atoms with Crippen LogP contribution in [0.15, 0.2) is 65.2 Å². The highest BCUT2D eigenvalue weighted by Crippen LogP contribution is 2.20. The van der Waals surface area contributed by atoms with Crippen molar-refractivity contribution in [2.75, 3.05) is 7.05 Å². The Morgan fingerprint density at radius 1 is 0.929 bits per heavy atom. The summed E-state index contributed by atoms with van der Waals surface area (Å²) in [6.45, 7) is 5.50. The van der Waals surface area contributed by atoms with Gasteiger partial charge in [0.05, 0.1) is 17.9 Å². The molecule has 0 fully saturated rings. The highest BCUT2D eigenvalue weighted by atomic mass is 16.5. The fraction of sp³-hybridized carbons (Fsp3) is 0.227. The van der Waals surface area contributed by atoms with E-state index in [-0.39, 0.29) is 0 Å². The van der Waals surface area contributed by atoms with Crippen LogP contribution in [0, 0.1) is 13.8 Å². The Balaban J connectivity index is 1.48. The standard InChI is InChI=1S/C22H23N5O/c1-16-20(17(2)27(24-16)19-12-8-5-9-13-19)14-26(3)15-21-23-22(25-28-21)18-10-6-4-7-11-18/h4-13H,14-15H2,1-3H3. The summed E-state index contributed by atoms with van der Waals surface area (Å²) in [5, 5.41) is 8.82. The second-order valence-electron chi connectivity index (χ2n) is 6.95. The molecule has 6 nitrogen and oxygen atoms in total. The number of rotatable bonds is 6. The first-order chi connectivity index (χ1) is 13.6. The van der Waals surface area contributed by atoms with Gasteiger partial charge in [-0.1, -0.05) is 53.7 Å². The molecule has 6 heteroatoms. The van der Waals surface area contributed by atoms with E-state index in [1.807, 2.05) is 60.3 Å². The maximum absolute atomic E-state index is 5.44. The first kappa shape index (κ1) is 18.1. The van der Waals surface area contributed by atoms with Crippen LogP contribution < -0.4 is 0 Å². The van der Waals surface area contributed by atoms with Crippen LogP contribution in [-0.4, -0.2) is 31.9 Å². The van der Waals surface area contributed by atoms with Gasteiger partial charge in [0.2, 0.25) is 11.7 Å². The summed E-state index contributed by atoms with van der Waals surface area (Å²) in [5.41, 5.74) is 5.42. The van der Waals surface area contributed by atoms with Crippen molar-refractivity contribution in [3.05, 3.63) is 83.5 Å². The van der Waals surface area contributed by atoms with E-state index in [1.54, 1.807) is 0 Å². The molecular weight excluding hydrogens is 350 g/mol. The monoisotopic (exact) mass is 373 g/mol. The third kappa shape index (κ3) is 3.73. The molecule has 0 N–H and O–H groups in total. The number of para-hydroxylation sites is 1. The molecule has 2 heterocycles. The van der Waals surface area contributed by atoms with Gasteiger partial charge in [-0.2, -0.15) is 10.1 Å². The summed E-state index contributed by atoms with van der Waals surface area (Å²) in [6.07, 6.45) is 0. The number of nitrogens with zero attached hydrogens (tertiary/aromatic N) is 5. The number of aromatic nitrogens is 4. The zero-order valence-corrected chi connectivity index (χ0v) is 16.3. The fourth-order valence-corrected chi connectivity index (χ4v) is 3.30. The van der Waals surface area contributed by atoms with Crippen LogP contribution in [-0.2, 0) is 13.1 Å². The van der Waals surface area contributed by atoms with E-state index in [0.717, 1.165) is 29.2 Å². The Bertz CT molecular complexity index is 1050. The molecule has 4 aromatic rings. The summed E-state index contributed by atoms with van der Waals surface area (Å²) < 4.78 is 7.44. The molecule has 0 aliphatic rings. The Labute approximate surface area is 164 Å². The minimum atomic E-state index is 0.579. The predicted molar refractivity (Wildman–Crippen MR) is 108 cm³/mol. The maximum Gasteiger partial charge on any atom is 0.241 e. The third-order valence-electron chi connectivity index (χ3n) is 4.78. The van der Waals surface area contributed by atoms with Crippen LogP contribution in [0.5, 0.6) is 0 Å². The number of hydrogen-bond donors (Lipinski definition) is 0. The summed E-state index contributed by atoms with van der Waals surface area (Å²) in [4.78, 5) is 6.68. The Kier molecular flexibility index (Phi) is 5.04. The average molecular weight is 373 g/mol. The molecule has 0 saturated heterocycles. The molecule has 0 spiro atoms. The van der Waals surface area contributed by atoms with Crippen molar-refractivity contribution in [3.8, 4) is 17.1 Å². The van der Waals surface area contributed by atoms with Crippen molar-refractivity contribution in [3.63, 3.8) is 0 Å². The van der Waals surface area contributed by atoms with E-state index in [4.69, 9.17) is 9.62 Å². The first-order valence-electron chi connectivity index (χ1n) is 9.29. The van der Waals surface area contributed by atoms with Crippen LogP contribution in [0.4, 0.5) is 0 Å². The van der Waals surface area contributed by atoms with Gasteiger partial charge in [-0.05, 0) is 33.0 Å². The van der Waals surface area contributed by atoms with Gasteiger partial charge >= 0.3 is 0 Å². The fourth-order valence-electron chi connectivity index (χ4n) is 3.30. The average Bonchev–Trinajstić information content (AvgIpc) is 3.29. The molecule has 0 saturated carbocycles. The zero-order chi connectivity index (χ0) is 19.5. The SMILES string of the molecule is Cc1nn(-c2ccccc2)c(C)c1CN(C)Cc1nc(-c2ccccc2)no1. The lowest BCUT2D eigenvalue weighted by Crippen LogP contribution is -2.18. The molecule has 0 amide bonds. The van der Waals surface area contributed by atoms with Gasteiger partial charge in [-0.3, -0.25) is 4.90 Å². The van der Waals surface area contributed by atoms with Crippen molar-refractivity contribution in [1.82, 2.24) is 24.8 Å². The lowest BCUT2D eigenvalue weighted by atomic mass is 10.2. The lowest BCUT2D eigenvalue weighted by Gasteiger charge is -2.14. The lowest BCUT2D eigenvalue weighted by molar-refractivity contribution is 0.260. The largest absolute Gasteiger partial charge is 0.338 e. The molecule has 2 aromatic heterocycles. The number of aryl methyl sites for hydroxylation is 1. The summed E-state index contributed by atoms with van der Waals surface area (Å²) in [5.74, 6) is 1.22. The third-order valence-corrected chi connectivity index (χ3v) is 4.78. The molecule has 0 atom stereocenters. The highest BCUT2D eigenvalue weighted by molar-refractivity contribution is 5.53. The smallest absolute Gasteiger partial charge is 0.241 e. The normalized spacial score (nSPS) is 11.3. The summed E-state index contributed by atoms with van der Waals surface area (Å²) in [6, 6.07) is 20.0. The maximum atomic E-state index is 5.44. The van der Waals surface area contributed by atoms with Crippen molar-refractivity contribution in [2.45, 2.75) is 26.9 Å². The van der Waals surface area contributed by atoms with Gasteiger partial charge in [0, 0.05) is 23.4 Å². The highest BCUT2D eigenvalue weighted by Gasteiger charge is 2.16. The van der Waals surface area contributed by atoms with Crippen molar-refractivity contribution in [1.29, 1.82) is 0 Å². The van der Waals surface area contributed by atoms with Crippen molar-refractivity contribution >= 4 is 0 Å². The Hall–Kier alpha value is -3.25. The van der Waals surface area contributed by atoms with Crippen LogP contribution >= 0.6 is 0 Å². The molecule has 2 aromatic carbocycles. The van der Waals surface area contributed by atoms with Crippen LogP contribution in [0.2, 0.25) is 0 Å². The molecule has 142 valence electrons. The second kappa shape index (κ2) is 7.78. The Morgan fingerprint density at radius 2 is 1.61 bits per heavy atom. The van der Waals surface area contributed by atoms with Gasteiger partial charge in [0.1, 0.15) is 0 Å². The van der Waals surface area contributed by atoms with E-state index in [0.29, 0.717) is 18.3 Å². The van der Waals surface area contributed by atoms with E-state index in [2.05, 4.69) is 41.0 Å². The van der Waals surface area contributed by atoms with Gasteiger partial charge < -0.3 is 4.52 Å². The molecular formula is C22H23N5O. The van der Waals surface area contributed by atoms with E-state index < -0.39 is 0 Å². The number of benzene rings is 2. The van der Waals surface area contributed by atoms with Crippen molar-refractivity contribution in [2.24, 2.45) is 0 Å². The molecule has 4 rings (SSSR count). The van der Waals surface area contributed by atoms with E-state index in [1.165, 1.54) is 5.56 Å². The molecule has 0 bridgehead atoms. The minimum Gasteiger partial charge on any atom is -0.338 e. The predicted octanol–water partition coefficient (Wildman–Crippen LogP) is 4.17.